The van der Waals surface area contributed by atoms with Gasteiger partial charge in [0.25, 0.3) is 0 Å². The summed E-state index contributed by atoms with van der Waals surface area (Å²) >= 11 is 0. The topological polar surface area (TPSA) is 186 Å². The molecule has 0 bridgehead atoms. The Bertz CT molecular complexity index is 5710. The number of hydrogen-bond donors (Lipinski definition) is 5. The lowest BCUT2D eigenvalue weighted by Crippen LogP contribution is -2.52. The third-order valence-electron chi connectivity index (χ3n) is 23.2. The molecule has 7 atom stereocenters. The van der Waals surface area contributed by atoms with Crippen molar-refractivity contribution in [1.82, 2.24) is 0 Å². The maximum atomic E-state index is 13.2. The molecule has 86 heavy (non-hydrogen) atoms. The highest BCUT2D eigenvalue weighted by atomic mass is 16.4. The zero-order chi connectivity index (χ0) is 57.6. The fraction of sp³-hybridized carbons (Fsp3) is 0.118. The Morgan fingerprint density at radius 3 is 1.34 bits per heavy atom. The van der Waals surface area contributed by atoms with Gasteiger partial charge in [-0.3, -0.25) is 0 Å². The summed E-state index contributed by atoms with van der Waals surface area (Å²) in [4.78, 5) is 64.9. The number of carboxylic acid groups (broad SMARTS) is 5. The Labute approximate surface area is 485 Å². The van der Waals surface area contributed by atoms with E-state index >= 15 is 0 Å². The first kappa shape index (κ1) is 45.8. The number of benzene rings is 11. The minimum absolute atomic E-state index is 0.143. The minimum Gasteiger partial charge on any atom is -0.478 e. The van der Waals surface area contributed by atoms with Gasteiger partial charge in [-0.2, -0.15) is 0 Å². The summed E-state index contributed by atoms with van der Waals surface area (Å²) in [6, 6.07) is 51.2. The summed E-state index contributed by atoms with van der Waals surface area (Å²) in [6.45, 7) is 2.38. The predicted octanol–water partition coefficient (Wildman–Crippen LogP) is 15.3. The zero-order valence-corrected chi connectivity index (χ0v) is 45.3. The minimum atomic E-state index is -1.15. The van der Waals surface area contributed by atoms with Crippen LogP contribution in [0.25, 0.3) is 81.0 Å². The molecule has 10 nitrogen and oxygen atoms in total. The van der Waals surface area contributed by atoms with Crippen LogP contribution >= 0.6 is 0 Å². The molecule has 0 radical (unpaired) electrons. The van der Waals surface area contributed by atoms with Gasteiger partial charge in [0.1, 0.15) is 0 Å². The van der Waals surface area contributed by atoms with Crippen molar-refractivity contribution in [2.24, 2.45) is 5.41 Å². The van der Waals surface area contributed by atoms with Crippen molar-refractivity contribution in [3.8, 4) is 0 Å². The number of rotatable bonds is 10. The van der Waals surface area contributed by atoms with E-state index in [2.05, 4.69) is 49.4 Å². The maximum Gasteiger partial charge on any atom is 0.335 e. The lowest BCUT2D eigenvalue weighted by molar-refractivity contribution is 0.0686. The van der Waals surface area contributed by atoms with Crippen molar-refractivity contribution in [1.29, 1.82) is 0 Å². The molecule has 0 spiro atoms. The van der Waals surface area contributed by atoms with Gasteiger partial charge >= 0.3 is 29.8 Å². The molecular formula is C76H40O10. The van der Waals surface area contributed by atoms with Gasteiger partial charge in [0.05, 0.1) is 44.1 Å². The third kappa shape index (κ3) is 4.25. The summed E-state index contributed by atoms with van der Waals surface area (Å²) in [5.41, 5.74) is 13.3. The number of carbonyl (C=O) groups is 5. The predicted molar refractivity (Wildman–Crippen MR) is 325 cm³/mol. The molecule has 0 fully saturated rings. The second-order valence-corrected chi connectivity index (χ2v) is 25.7. The SMILES string of the molecule is CC12C3=C4C5=C1C1(c6ccc(C(=O)O)cc6)C(=CC2c2ccc(C(=O)O)cc2)c2ccc6c7ccc8c9ccc%10c%11c(c%12c%13c%14c(c1c2c6c%14c7c8c%13c%119)[C@@]5%12c1ccc(C(=O)O)cc1)C4(c1ccc(C(=O)O)cc1)C%10CC3c1ccc(C(=O)O)cc1. The molecule has 10 heteroatoms. The molecular weight excluding hydrogens is 1070 g/mol. The molecule has 0 aliphatic heterocycles. The molecule has 8 aliphatic carbocycles. The van der Waals surface area contributed by atoms with E-state index in [1.807, 2.05) is 60.7 Å². The third-order valence-corrected chi connectivity index (χ3v) is 23.2. The van der Waals surface area contributed by atoms with Crippen molar-refractivity contribution >= 4 is 111 Å². The van der Waals surface area contributed by atoms with E-state index in [9.17, 15) is 49.5 Å². The van der Waals surface area contributed by atoms with Gasteiger partial charge in [-0.05, 0) is 232 Å². The van der Waals surface area contributed by atoms with Crippen LogP contribution in [0.4, 0.5) is 0 Å². The molecule has 6 unspecified atom stereocenters. The first-order valence-electron chi connectivity index (χ1n) is 29.1. The highest BCUT2D eigenvalue weighted by Gasteiger charge is 2.78. The first-order valence-corrected chi connectivity index (χ1v) is 29.1. The van der Waals surface area contributed by atoms with Gasteiger partial charge in [-0.25, -0.2) is 24.0 Å². The average Bonchev–Trinajstić information content (AvgIpc) is 1.40. The largest absolute Gasteiger partial charge is 0.478 e. The molecule has 0 saturated heterocycles. The Balaban J connectivity index is 1.10. The molecule has 21 rings (SSSR count). The van der Waals surface area contributed by atoms with E-state index in [0.29, 0.717) is 6.42 Å². The summed E-state index contributed by atoms with van der Waals surface area (Å²) in [5.74, 6) is -6.41. The van der Waals surface area contributed by atoms with Gasteiger partial charge in [0.2, 0.25) is 0 Å². The molecule has 0 aromatic heterocycles. The monoisotopic (exact) mass is 1110 g/mol. The van der Waals surface area contributed by atoms with Crippen LogP contribution in [0, 0.1) is 5.41 Å². The van der Waals surface area contributed by atoms with E-state index in [0.717, 1.165) is 88.5 Å². The number of carboxylic acids is 5. The number of aromatic carboxylic acids is 5. The van der Waals surface area contributed by atoms with E-state index in [1.165, 1.54) is 75.9 Å². The van der Waals surface area contributed by atoms with Gasteiger partial charge in [-0.15, -0.1) is 0 Å². The molecule has 8 aliphatic rings. The highest BCUT2D eigenvalue weighted by molar-refractivity contribution is 6.55. The number of allylic oxidation sites excluding steroid dienone is 6. The Hall–Kier alpha value is -10.7. The molecule has 13 aromatic rings. The molecule has 0 saturated carbocycles. The molecule has 5 N–H and O–H groups in total. The van der Waals surface area contributed by atoms with Crippen LogP contribution in [0.5, 0.6) is 0 Å². The quantitative estimate of drug-likeness (QED) is 0.0825. The lowest BCUT2D eigenvalue weighted by Gasteiger charge is -2.58. The lowest BCUT2D eigenvalue weighted by atomic mass is 9.43. The van der Waals surface area contributed by atoms with Crippen molar-refractivity contribution in [2.45, 2.75) is 47.3 Å². The Morgan fingerprint density at radius 2 is 0.814 bits per heavy atom. The van der Waals surface area contributed by atoms with Crippen LogP contribution in [-0.2, 0) is 16.2 Å². The number of fused-ring (bicyclic) bond motifs is 5. The van der Waals surface area contributed by atoms with Crippen molar-refractivity contribution in [3.63, 3.8) is 0 Å². The Morgan fingerprint density at radius 1 is 0.395 bits per heavy atom. The summed E-state index contributed by atoms with van der Waals surface area (Å²) in [7, 11) is 0. The van der Waals surface area contributed by atoms with Crippen molar-refractivity contribution < 1.29 is 49.5 Å². The zero-order valence-electron chi connectivity index (χ0n) is 45.3. The van der Waals surface area contributed by atoms with Crippen LogP contribution < -0.4 is 0 Å². The van der Waals surface area contributed by atoms with E-state index in [-0.39, 0.29) is 33.7 Å². The summed E-state index contributed by atoms with van der Waals surface area (Å²) in [6.07, 6.45) is 3.02. The van der Waals surface area contributed by atoms with Crippen LogP contribution in [0.15, 0.2) is 186 Å². The Kier molecular flexibility index (Phi) is 7.32. The number of hydrogen-bond acceptors (Lipinski definition) is 5. The molecule has 13 aromatic carbocycles. The normalized spacial score (nSPS) is 25.3. The van der Waals surface area contributed by atoms with Crippen LogP contribution in [0.2, 0.25) is 0 Å². The summed E-state index contributed by atoms with van der Waals surface area (Å²) in [5, 5.41) is 69.7. The van der Waals surface area contributed by atoms with Crippen molar-refractivity contribution in [2.75, 3.05) is 0 Å². The maximum absolute atomic E-state index is 13.2. The average molecular weight is 1110 g/mol. The second kappa shape index (κ2) is 13.8. The van der Waals surface area contributed by atoms with Crippen LogP contribution in [0.1, 0.15) is 144 Å². The fourth-order valence-electron chi connectivity index (χ4n) is 20.7. The molecule has 404 valence electrons. The standard InChI is InChI=1S/C76H40O10/c1-73-47(31-4-8-33(9-5-31)69(79)80)29-49-45-27-25-43-41-23-22-40-42-24-26-44-48-28-46(30-2-6-32(7-3-30)68(77)78)60(73)65-66-67(73)75(49,38-18-12-35(13-19-38)71(83)84)62-55(45)53(43)57-51(41)50(40)56-52(42)54(44)61(74(48,65)37-16-10-34(11-17-37)70(81)82)63-58(56)59(57)64(62)76(63,66)39-20-14-36(15-21-39)72(85)86/h2-27,29,46-48H,28H2,1H3,(H,77,78)(H,79,80)(H,81,82)(H,83,84)(H,85,86)/t46?,47?,48?,73?,74?,75?,76-/m0/s1. The van der Waals surface area contributed by atoms with Gasteiger partial charge in [-0.1, -0.05) is 110 Å². The van der Waals surface area contributed by atoms with Gasteiger partial charge < -0.3 is 25.5 Å². The van der Waals surface area contributed by atoms with Crippen LogP contribution in [-0.4, -0.2) is 55.4 Å². The van der Waals surface area contributed by atoms with E-state index in [4.69, 9.17) is 0 Å². The van der Waals surface area contributed by atoms with E-state index < -0.39 is 63.3 Å². The van der Waals surface area contributed by atoms with E-state index in [1.54, 1.807) is 60.7 Å². The molecule has 0 amide bonds. The van der Waals surface area contributed by atoms with Crippen molar-refractivity contribution in [3.05, 3.63) is 275 Å². The van der Waals surface area contributed by atoms with Gasteiger partial charge in [0.15, 0.2) is 0 Å². The fourth-order valence-corrected chi connectivity index (χ4v) is 20.7. The first-order chi connectivity index (χ1) is 41.7. The summed E-state index contributed by atoms with van der Waals surface area (Å²) < 4.78 is 0. The highest BCUT2D eigenvalue weighted by Crippen LogP contribution is 2.88. The smallest absolute Gasteiger partial charge is 0.335 e. The molecule has 0 heterocycles. The second-order valence-electron chi connectivity index (χ2n) is 25.7. The van der Waals surface area contributed by atoms with Gasteiger partial charge in [0, 0.05) is 23.2 Å². The van der Waals surface area contributed by atoms with Crippen LogP contribution in [0.3, 0.4) is 0 Å².